The Morgan fingerprint density at radius 2 is 1.79 bits per heavy atom. The summed E-state index contributed by atoms with van der Waals surface area (Å²) < 4.78 is 24.5. The van der Waals surface area contributed by atoms with E-state index in [0.717, 1.165) is 16.0 Å². The lowest BCUT2D eigenvalue weighted by molar-refractivity contribution is -0.120. The lowest BCUT2D eigenvalue weighted by Crippen LogP contribution is -2.33. The first-order valence-electron chi connectivity index (χ1n) is 9.19. The molecule has 0 spiro atoms. The third-order valence-electron chi connectivity index (χ3n) is 4.25. The number of benzene rings is 2. The average molecular weight is 396 g/mol. The molecule has 0 fully saturated rings. The van der Waals surface area contributed by atoms with Crippen LogP contribution in [0.1, 0.15) is 18.1 Å². The fourth-order valence-corrected chi connectivity index (χ4v) is 2.86. The molecule has 150 valence electrons. The second kappa shape index (κ2) is 9.14. The van der Waals surface area contributed by atoms with E-state index in [1.54, 1.807) is 30.3 Å². The number of hydrogen-bond acceptors (Lipinski definition) is 4. The molecule has 0 aromatic heterocycles. The maximum absolute atomic E-state index is 13.0. The maximum Gasteiger partial charge on any atom is 0.351 e. The lowest BCUT2D eigenvalue weighted by atomic mass is 10.1. The van der Waals surface area contributed by atoms with E-state index in [4.69, 9.17) is 9.47 Å². The van der Waals surface area contributed by atoms with Crippen molar-refractivity contribution in [3.63, 3.8) is 0 Å². The molecule has 0 atom stereocenters. The number of nitrogens with zero attached hydrogens (tertiary/aromatic N) is 2. The maximum atomic E-state index is 13.0. The summed E-state index contributed by atoms with van der Waals surface area (Å²) in [5.74, 6) is 0.337. The second-order valence-electron chi connectivity index (χ2n) is 6.35. The van der Waals surface area contributed by atoms with Gasteiger partial charge < -0.3 is 9.47 Å². The number of amides is 3. The number of rotatable bonds is 9. The molecule has 1 aliphatic heterocycles. The molecule has 0 N–H and O–H groups in total. The van der Waals surface area contributed by atoms with E-state index in [9.17, 15) is 14.0 Å². The minimum absolute atomic E-state index is 0.130. The number of hydrogen-bond donors (Lipinski definition) is 0. The largest absolute Gasteiger partial charge is 0.490 e. The van der Waals surface area contributed by atoms with E-state index in [-0.39, 0.29) is 31.1 Å². The molecule has 0 unspecified atom stereocenters. The molecule has 0 aliphatic carbocycles. The van der Waals surface area contributed by atoms with Gasteiger partial charge in [0, 0.05) is 13.0 Å². The van der Waals surface area contributed by atoms with Crippen LogP contribution in [0.4, 0.5) is 9.18 Å². The van der Waals surface area contributed by atoms with Crippen LogP contribution in [0.3, 0.4) is 0 Å². The Bertz CT molecular complexity index is 954. The fraction of sp³-hybridized carbons (Fsp3) is 0.227. The predicted octanol–water partition coefficient (Wildman–Crippen LogP) is 3.94. The van der Waals surface area contributed by atoms with Crippen molar-refractivity contribution in [3.8, 4) is 11.5 Å². The molecule has 3 rings (SSSR count). The van der Waals surface area contributed by atoms with E-state index in [1.807, 2.05) is 6.92 Å². The summed E-state index contributed by atoms with van der Waals surface area (Å²) in [5.41, 5.74) is 1.77. The van der Waals surface area contributed by atoms with Gasteiger partial charge in [-0.1, -0.05) is 24.3 Å². The molecule has 0 saturated heterocycles. The molecule has 2 aromatic rings. The Kier molecular flexibility index (Phi) is 6.39. The number of imide groups is 1. The van der Waals surface area contributed by atoms with E-state index in [0.29, 0.717) is 18.1 Å². The molecular weight excluding hydrogens is 375 g/mol. The first kappa shape index (κ1) is 20.3. The van der Waals surface area contributed by atoms with Crippen LogP contribution in [0.5, 0.6) is 11.5 Å². The van der Waals surface area contributed by atoms with Gasteiger partial charge in [-0.3, -0.25) is 9.69 Å². The summed E-state index contributed by atoms with van der Waals surface area (Å²) in [6.07, 6.45) is 1.69. The average Bonchev–Trinajstić information content (AvgIpc) is 2.97. The highest BCUT2D eigenvalue weighted by atomic mass is 19.1. The van der Waals surface area contributed by atoms with Crippen LogP contribution in [0, 0.1) is 5.82 Å². The number of urea groups is 1. The Morgan fingerprint density at radius 1 is 1.07 bits per heavy atom. The highest BCUT2D eigenvalue weighted by Gasteiger charge is 2.32. The van der Waals surface area contributed by atoms with Crippen LogP contribution >= 0.6 is 0 Å². The molecule has 7 heteroatoms. The van der Waals surface area contributed by atoms with Crippen molar-refractivity contribution in [2.45, 2.75) is 20.0 Å². The minimum Gasteiger partial charge on any atom is -0.490 e. The quantitative estimate of drug-likeness (QED) is 0.602. The van der Waals surface area contributed by atoms with Crippen LogP contribution in [0.2, 0.25) is 0 Å². The smallest absolute Gasteiger partial charge is 0.351 e. The SMILES string of the molecule is C=CCN1C(=O)N=C(Cc2ccc(OCc3ccc(F)cc3)c(OCC)c2)C1=O. The van der Waals surface area contributed by atoms with E-state index in [2.05, 4.69) is 11.6 Å². The van der Waals surface area contributed by atoms with Crippen molar-refractivity contribution < 1.29 is 23.5 Å². The molecule has 0 saturated carbocycles. The van der Waals surface area contributed by atoms with Gasteiger partial charge in [-0.05, 0) is 42.3 Å². The van der Waals surface area contributed by atoms with Gasteiger partial charge >= 0.3 is 6.03 Å². The Morgan fingerprint density at radius 3 is 2.48 bits per heavy atom. The topological polar surface area (TPSA) is 68.2 Å². The number of aliphatic imine (C=N–C) groups is 1. The molecule has 1 aliphatic rings. The molecule has 2 aromatic carbocycles. The summed E-state index contributed by atoms with van der Waals surface area (Å²) in [7, 11) is 0. The lowest BCUT2D eigenvalue weighted by Gasteiger charge is -2.14. The third-order valence-corrected chi connectivity index (χ3v) is 4.25. The Labute approximate surface area is 168 Å². The van der Waals surface area contributed by atoms with Crippen molar-refractivity contribution in [2.75, 3.05) is 13.2 Å². The van der Waals surface area contributed by atoms with Crippen LogP contribution in [-0.4, -0.2) is 35.7 Å². The van der Waals surface area contributed by atoms with Crippen LogP contribution < -0.4 is 9.47 Å². The van der Waals surface area contributed by atoms with Crippen molar-refractivity contribution in [1.29, 1.82) is 0 Å². The van der Waals surface area contributed by atoms with Gasteiger partial charge in [0.05, 0.1) is 6.61 Å². The van der Waals surface area contributed by atoms with Crippen molar-refractivity contribution in [1.82, 2.24) is 4.90 Å². The molecule has 0 bridgehead atoms. The van der Waals surface area contributed by atoms with Gasteiger partial charge in [-0.25, -0.2) is 9.18 Å². The van der Waals surface area contributed by atoms with Crippen LogP contribution in [0.15, 0.2) is 60.1 Å². The van der Waals surface area contributed by atoms with Gasteiger partial charge in [0.2, 0.25) is 0 Å². The highest BCUT2D eigenvalue weighted by Crippen LogP contribution is 2.30. The van der Waals surface area contributed by atoms with Crippen molar-refractivity contribution in [3.05, 3.63) is 72.1 Å². The van der Waals surface area contributed by atoms with Gasteiger partial charge in [-0.2, -0.15) is 4.99 Å². The number of ether oxygens (including phenoxy) is 2. The molecule has 29 heavy (non-hydrogen) atoms. The molecule has 0 radical (unpaired) electrons. The van der Waals surface area contributed by atoms with Crippen molar-refractivity contribution >= 4 is 17.6 Å². The summed E-state index contributed by atoms with van der Waals surface area (Å²) in [5, 5.41) is 0. The first-order chi connectivity index (χ1) is 14.0. The molecule has 3 amide bonds. The first-order valence-corrected chi connectivity index (χ1v) is 9.19. The molecular formula is C22H21FN2O4. The zero-order chi connectivity index (χ0) is 20.8. The molecule has 1 heterocycles. The van der Waals surface area contributed by atoms with E-state index in [1.165, 1.54) is 18.2 Å². The predicted molar refractivity (Wildman–Crippen MR) is 107 cm³/mol. The van der Waals surface area contributed by atoms with E-state index >= 15 is 0 Å². The minimum atomic E-state index is -0.575. The third kappa shape index (κ3) is 4.87. The molecule has 6 nitrogen and oxygen atoms in total. The normalized spacial score (nSPS) is 13.4. The summed E-state index contributed by atoms with van der Waals surface area (Å²) in [6, 6.07) is 10.8. The second-order valence-corrected chi connectivity index (χ2v) is 6.35. The van der Waals surface area contributed by atoms with Crippen LogP contribution in [0.25, 0.3) is 0 Å². The summed E-state index contributed by atoms with van der Waals surface area (Å²) in [6.45, 7) is 6.22. The number of carbonyl (C=O) groups is 2. The number of carbonyl (C=O) groups excluding carboxylic acids is 2. The van der Waals surface area contributed by atoms with Crippen LogP contribution in [-0.2, 0) is 17.8 Å². The van der Waals surface area contributed by atoms with Gasteiger partial charge in [0.15, 0.2) is 11.5 Å². The monoisotopic (exact) mass is 396 g/mol. The zero-order valence-electron chi connectivity index (χ0n) is 16.1. The van der Waals surface area contributed by atoms with Gasteiger partial charge in [-0.15, -0.1) is 6.58 Å². The Balaban J connectivity index is 1.73. The Hall–Kier alpha value is -3.48. The van der Waals surface area contributed by atoms with E-state index < -0.39 is 11.9 Å². The van der Waals surface area contributed by atoms with Gasteiger partial charge in [0.25, 0.3) is 5.91 Å². The fourth-order valence-electron chi connectivity index (χ4n) is 2.86. The highest BCUT2D eigenvalue weighted by molar-refractivity contribution is 6.46. The number of halogens is 1. The summed E-state index contributed by atoms with van der Waals surface area (Å²) >= 11 is 0. The zero-order valence-corrected chi connectivity index (χ0v) is 16.1. The summed E-state index contributed by atoms with van der Waals surface area (Å²) in [4.78, 5) is 29.1. The van der Waals surface area contributed by atoms with Crippen molar-refractivity contribution in [2.24, 2.45) is 4.99 Å². The standard InChI is InChI=1S/C22H21FN2O4/c1-3-11-25-21(26)18(24-22(25)27)12-16-7-10-19(20(13-16)28-4-2)29-14-15-5-8-17(23)9-6-15/h3,5-10,13H,1,4,11-12,14H2,2H3. The van der Waals surface area contributed by atoms with Gasteiger partial charge in [0.1, 0.15) is 18.1 Å².